The van der Waals surface area contributed by atoms with Crippen LogP contribution in [0.3, 0.4) is 0 Å². The first-order chi connectivity index (χ1) is 8.74. The number of phenolic OH excluding ortho intramolecular Hbond substituents is 1. The molecule has 1 aliphatic heterocycles. The molecule has 1 amide bonds. The molecule has 0 saturated carbocycles. The zero-order valence-corrected chi connectivity index (χ0v) is 10.5. The highest BCUT2D eigenvalue weighted by Crippen LogP contribution is 2.11. The average molecular weight is 248 g/mol. The van der Waals surface area contributed by atoms with E-state index in [1.165, 1.54) is 6.42 Å². The fraction of sp³-hybridized carbons (Fsp3) is 0.500. The topological polar surface area (TPSA) is 61.4 Å². The molecule has 0 bridgehead atoms. The van der Waals surface area contributed by atoms with Crippen LogP contribution < -0.4 is 10.6 Å². The number of rotatable bonds is 5. The lowest BCUT2D eigenvalue weighted by atomic mass is 10.1. The van der Waals surface area contributed by atoms with Crippen molar-refractivity contribution in [3.05, 3.63) is 29.8 Å². The molecule has 1 aromatic carbocycles. The van der Waals surface area contributed by atoms with Gasteiger partial charge in [0.05, 0.1) is 6.42 Å². The van der Waals surface area contributed by atoms with E-state index >= 15 is 0 Å². The summed E-state index contributed by atoms with van der Waals surface area (Å²) in [6, 6.07) is 6.76. The summed E-state index contributed by atoms with van der Waals surface area (Å²) in [5.74, 6) is 0.985. The fourth-order valence-electron chi connectivity index (χ4n) is 2.24. The van der Waals surface area contributed by atoms with Crippen molar-refractivity contribution in [2.45, 2.75) is 19.3 Å². The maximum atomic E-state index is 11.7. The van der Waals surface area contributed by atoms with E-state index in [0.29, 0.717) is 12.3 Å². The Hall–Kier alpha value is -1.55. The van der Waals surface area contributed by atoms with Gasteiger partial charge >= 0.3 is 0 Å². The summed E-state index contributed by atoms with van der Waals surface area (Å²) in [7, 11) is 0. The summed E-state index contributed by atoms with van der Waals surface area (Å²) >= 11 is 0. The van der Waals surface area contributed by atoms with Gasteiger partial charge in [0, 0.05) is 6.54 Å². The molecule has 0 aromatic heterocycles. The normalized spacial score (nSPS) is 18.8. The Balaban J connectivity index is 1.66. The summed E-state index contributed by atoms with van der Waals surface area (Å²) in [6.07, 6.45) is 2.64. The molecule has 0 aliphatic carbocycles. The third kappa shape index (κ3) is 4.04. The lowest BCUT2D eigenvalue weighted by Crippen LogP contribution is -2.27. The Morgan fingerprint density at radius 3 is 2.83 bits per heavy atom. The lowest BCUT2D eigenvalue weighted by Gasteiger charge is -2.09. The van der Waals surface area contributed by atoms with E-state index in [1.807, 2.05) is 0 Å². The Morgan fingerprint density at radius 1 is 1.39 bits per heavy atom. The number of nitrogens with one attached hydrogen (secondary N) is 2. The quantitative estimate of drug-likeness (QED) is 0.730. The van der Waals surface area contributed by atoms with Crippen LogP contribution in [0.15, 0.2) is 24.3 Å². The van der Waals surface area contributed by atoms with Gasteiger partial charge in [-0.2, -0.15) is 0 Å². The highest BCUT2D eigenvalue weighted by atomic mass is 16.3. The molecular formula is C14H20N2O2. The van der Waals surface area contributed by atoms with Crippen molar-refractivity contribution < 1.29 is 9.90 Å². The predicted octanol–water partition coefficient (Wildman–Crippen LogP) is 1.05. The van der Waals surface area contributed by atoms with Crippen molar-refractivity contribution in [2.75, 3.05) is 19.6 Å². The Kier molecular flexibility index (Phi) is 4.59. The lowest BCUT2D eigenvalue weighted by molar-refractivity contribution is -0.120. The molecule has 2 rings (SSSR count). The maximum Gasteiger partial charge on any atom is 0.224 e. The summed E-state index contributed by atoms with van der Waals surface area (Å²) in [4.78, 5) is 11.7. The third-order valence-electron chi connectivity index (χ3n) is 3.34. The van der Waals surface area contributed by atoms with E-state index in [2.05, 4.69) is 10.6 Å². The van der Waals surface area contributed by atoms with Crippen LogP contribution in [-0.2, 0) is 11.2 Å². The van der Waals surface area contributed by atoms with Gasteiger partial charge in [-0.25, -0.2) is 0 Å². The second-order valence-electron chi connectivity index (χ2n) is 4.84. The van der Waals surface area contributed by atoms with Crippen molar-refractivity contribution in [1.29, 1.82) is 0 Å². The molecule has 0 radical (unpaired) electrons. The van der Waals surface area contributed by atoms with Crippen molar-refractivity contribution in [2.24, 2.45) is 5.92 Å². The molecule has 18 heavy (non-hydrogen) atoms. The number of benzene rings is 1. The second-order valence-corrected chi connectivity index (χ2v) is 4.84. The predicted molar refractivity (Wildman–Crippen MR) is 70.4 cm³/mol. The third-order valence-corrected chi connectivity index (χ3v) is 3.34. The van der Waals surface area contributed by atoms with Gasteiger partial charge in [-0.3, -0.25) is 4.79 Å². The van der Waals surface area contributed by atoms with Crippen LogP contribution in [0.2, 0.25) is 0 Å². The summed E-state index contributed by atoms with van der Waals surface area (Å²) in [5.41, 5.74) is 0.924. The summed E-state index contributed by atoms with van der Waals surface area (Å²) in [6.45, 7) is 2.93. The van der Waals surface area contributed by atoms with Crippen molar-refractivity contribution in [1.82, 2.24) is 10.6 Å². The molecule has 3 N–H and O–H groups in total. The number of amides is 1. The molecule has 1 aromatic rings. The van der Waals surface area contributed by atoms with Crippen LogP contribution in [0, 0.1) is 5.92 Å². The fourth-order valence-corrected chi connectivity index (χ4v) is 2.24. The minimum atomic E-state index is 0.0478. The molecule has 1 unspecified atom stereocenters. The first-order valence-electron chi connectivity index (χ1n) is 6.49. The number of hydrogen-bond donors (Lipinski definition) is 3. The van der Waals surface area contributed by atoms with E-state index in [-0.39, 0.29) is 11.7 Å². The van der Waals surface area contributed by atoms with Gasteiger partial charge in [0.25, 0.3) is 0 Å². The average Bonchev–Trinajstić information content (AvgIpc) is 2.85. The molecule has 1 aliphatic rings. The Labute approximate surface area is 107 Å². The summed E-state index contributed by atoms with van der Waals surface area (Å²) in [5, 5.41) is 15.4. The van der Waals surface area contributed by atoms with Crippen LogP contribution in [0.1, 0.15) is 18.4 Å². The minimum absolute atomic E-state index is 0.0478. The maximum absolute atomic E-state index is 11.7. The Morgan fingerprint density at radius 2 is 2.17 bits per heavy atom. The summed E-state index contributed by atoms with van der Waals surface area (Å²) < 4.78 is 0. The molecule has 4 heteroatoms. The zero-order chi connectivity index (χ0) is 12.8. The Bertz CT molecular complexity index is 383. The van der Waals surface area contributed by atoms with Crippen molar-refractivity contribution in [3.63, 3.8) is 0 Å². The van der Waals surface area contributed by atoms with Crippen LogP contribution in [0.5, 0.6) is 5.75 Å². The molecule has 1 heterocycles. The van der Waals surface area contributed by atoms with Gasteiger partial charge in [-0.1, -0.05) is 12.1 Å². The van der Waals surface area contributed by atoms with Gasteiger partial charge in [0.15, 0.2) is 0 Å². The van der Waals surface area contributed by atoms with Gasteiger partial charge in [-0.05, 0) is 49.5 Å². The van der Waals surface area contributed by atoms with Crippen LogP contribution in [-0.4, -0.2) is 30.6 Å². The van der Waals surface area contributed by atoms with Crippen molar-refractivity contribution >= 4 is 5.91 Å². The van der Waals surface area contributed by atoms with E-state index < -0.39 is 0 Å². The van der Waals surface area contributed by atoms with Crippen LogP contribution in [0.25, 0.3) is 0 Å². The van der Waals surface area contributed by atoms with Crippen LogP contribution >= 0.6 is 0 Å². The number of carbonyl (C=O) groups is 1. The number of aromatic hydroxyl groups is 1. The first-order valence-corrected chi connectivity index (χ1v) is 6.49. The molecule has 98 valence electrons. The largest absolute Gasteiger partial charge is 0.508 e. The number of phenols is 1. The van der Waals surface area contributed by atoms with Crippen molar-refractivity contribution in [3.8, 4) is 5.75 Å². The molecule has 1 fully saturated rings. The molecule has 1 saturated heterocycles. The molecular weight excluding hydrogens is 228 g/mol. The van der Waals surface area contributed by atoms with E-state index in [4.69, 9.17) is 5.11 Å². The van der Waals surface area contributed by atoms with Gasteiger partial charge < -0.3 is 15.7 Å². The van der Waals surface area contributed by atoms with Gasteiger partial charge in [0.1, 0.15) is 5.75 Å². The second kappa shape index (κ2) is 6.40. The molecule has 1 atom stereocenters. The minimum Gasteiger partial charge on any atom is -0.508 e. The number of hydrogen-bond acceptors (Lipinski definition) is 3. The van der Waals surface area contributed by atoms with Gasteiger partial charge in [-0.15, -0.1) is 0 Å². The first kappa shape index (κ1) is 12.9. The molecule has 0 spiro atoms. The van der Waals surface area contributed by atoms with E-state index in [0.717, 1.165) is 31.6 Å². The highest BCUT2D eigenvalue weighted by Gasteiger charge is 2.14. The highest BCUT2D eigenvalue weighted by molar-refractivity contribution is 5.78. The zero-order valence-electron chi connectivity index (χ0n) is 10.5. The standard InChI is InChI=1S/C14H20N2O2/c17-13-3-1-11(2-4-13)9-14(18)16-8-6-12-5-7-15-10-12/h1-4,12,15,17H,5-10H2,(H,16,18). The van der Waals surface area contributed by atoms with Crippen LogP contribution in [0.4, 0.5) is 0 Å². The number of carbonyl (C=O) groups excluding carboxylic acids is 1. The van der Waals surface area contributed by atoms with Gasteiger partial charge in [0.2, 0.25) is 5.91 Å². The smallest absolute Gasteiger partial charge is 0.224 e. The molecule has 4 nitrogen and oxygen atoms in total. The SMILES string of the molecule is O=C(Cc1ccc(O)cc1)NCCC1CCNC1. The monoisotopic (exact) mass is 248 g/mol. The van der Waals surface area contributed by atoms with E-state index in [1.54, 1.807) is 24.3 Å². The van der Waals surface area contributed by atoms with E-state index in [9.17, 15) is 4.79 Å².